The molecule has 0 spiro atoms. The van der Waals surface area contributed by atoms with Gasteiger partial charge in [0.1, 0.15) is 0 Å². The summed E-state index contributed by atoms with van der Waals surface area (Å²) in [5.41, 5.74) is 8.03. The van der Waals surface area contributed by atoms with Crippen LogP contribution in [0.25, 0.3) is 11.1 Å². The van der Waals surface area contributed by atoms with Crippen molar-refractivity contribution >= 4 is 0 Å². The fraction of sp³-hybridized carbons (Fsp3) is 0.294. The van der Waals surface area contributed by atoms with Crippen molar-refractivity contribution in [1.82, 2.24) is 5.32 Å². The molecule has 0 aliphatic carbocycles. The molecule has 0 radical (unpaired) electrons. The zero-order valence-electron chi connectivity index (χ0n) is 11.7. The molecule has 0 amide bonds. The Labute approximate surface area is 110 Å². The third kappa shape index (κ3) is 2.62. The summed E-state index contributed by atoms with van der Waals surface area (Å²) in [5, 5.41) is 3.19. The first-order chi connectivity index (χ1) is 8.61. The molecule has 2 aromatic carbocycles. The number of aryl methyl sites for hydroxylation is 3. The van der Waals surface area contributed by atoms with Crippen LogP contribution in [-0.4, -0.2) is 7.05 Å². The molecule has 0 aliphatic heterocycles. The van der Waals surface area contributed by atoms with Gasteiger partial charge in [0.25, 0.3) is 0 Å². The van der Waals surface area contributed by atoms with Crippen LogP contribution in [0.15, 0.2) is 36.4 Å². The lowest BCUT2D eigenvalue weighted by Crippen LogP contribution is -2.05. The van der Waals surface area contributed by atoms with Crippen molar-refractivity contribution in [1.29, 1.82) is 0 Å². The van der Waals surface area contributed by atoms with Crippen LogP contribution in [0.1, 0.15) is 22.3 Å². The van der Waals surface area contributed by atoms with E-state index in [-0.39, 0.29) is 0 Å². The van der Waals surface area contributed by atoms with E-state index in [0.29, 0.717) is 0 Å². The van der Waals surface area contributed by atoms with Gasteiger partial charge in [0.2, 0.25) is 0 Å². The molecule has 18 heavy (non-hydrogen) atoms. The van der Waals surface area contributed by atoms with Crippen LogP contribution in [0.4, 0.5) is 0 Å². The molecule has 0 aromatic heterocycles. The quantitative estimate of drug-likeness (QED) is 0.853. The first-order valence-electron chi connectivity index (χ1n) is 6.43. The number of benzene rings is 2. The minimum Gasteiger partial charge on any atom is -0.316 e. The minimum absolute atomic E-state index is 0.925. The van der Waals surface area contributed by atoms with Gasteiger partial charge < -0.3 is 5.32 Å². The van der Waals surface area contributed by atoms with E-state index in [1.165, 1.54) is 33.4 Å². The number of hydrogen-bond acceptors (Lipinski definition) is 1. The molecule has 94 valence electrons. The zero-order chi connectivity index (χ0) is 13.1. The average Bonchev–Trinajstić information content (AvgIpc) is 2.31. The summed E-state index contributed by atoms with van der Waals surface area (Å²) < 4.78 is 0. The monoisotopic (exact) mass is 239 g/mol. The molecule has 1 heteroatoms. The Balaban J connectivity index is 2.44. The smallest absolute Gasteiger partial charge is 0.0202 e. The molecule has 0 fully saturated rings. The molecule has 0 atom stereocenters. The molecule has 0 saturated carbocycles. The van der Waals surface area contributed by atoms with E-state index in [1.807, 2.05) is 7.05 Å². The summed E-state index contributed by atoms with van der Waals surface area (Å²) in [6, 6.07) is 13.4. The second kappa shape index (κ2) is 5.36. The number of rotatable bonds is 3. The van der Waals surface area contributed by atoms with Crippen molar-refractivity contribution in [2.75, 3.05) is 7.05 Å². The second-order valence-corrected chi connectivity index (χ2v) is 5.00. The molecule has 0 unspecified atom stereocenters. The summed E-state index contributed by atoms with van der Waals surface area (Å²) in [4.78, 5) is 0. The van der Waals surface area contributed by atoms with Crippen LogP contribution in [0.3, 0.4) is 0 Å². The lowest BCUT2D eigenvalue weighted by Gasteiger charge is -2.12. The molecule has 1 nitrogen and oxygen atoms in total. The third-order valence-electron chi connectivity index (χ3n) is 3.34. The fourth-order valence-corrected chi connectivity index (χ4v) is 2.46. The summed E-state index contributed by atoms with van der Waals surface area (Å²) in [7, 11) is 1.98. The Morgan fingerprint density at radius 2 is 1.44 bits per heavy atom. The van der Waals surface area contributed by atoms with Crippen LogP contribution >= 0.6 is 0 Å². The molecule has 0 aliphatic rings. The van der Waals surface area contributed by atoms with Crippen molar-refractivity contribution in [3.8, 4) is 11.1 Å². The Kier molecular flexibility index (Phi) is 3.83. The predicted octanol–water partition coefficient (Wildman–Crippen LogP) is 4.00. The van der Waals surface area contributed by atoms with E-state index >= 15 is 0 Å². The van der Waals surface area contributed by atoms with Crippen molar-refractivity contribution in [3.63, 3.8) is 0 Å². The van der Waals surface area contributed by atoms with Crippen LogP contribution in [0.2, 0.25) is 0 Å². The van der Waals surface area contributed by atoms with Gasteiger partial charge in [0, 0.05) is 6.54 Å². The standard InChI is InChI=1S/C17H21N/c1-12-5-7-16(13(2)9-12)17-8-6-15(11-18-4)10-14(17)3/h5-10,18H,11H2,1-4H3. The molecule has 0 bridgehead atoms. The minimum atomic E-state index is 0.925. The van der Waals surface area contributed by atoms with E-state index in [0.717, 1.165) is 6.54 Å². The molecule has 0 heterocycles. The van der Waals surface area contributed by atoms with Gasteiger partial charge in [-0.2, -0.15) is 0 Å². The van der Waals surface area contributed by atoms with Gasteiger partial charge in [-0.1, -0.05) is 42.0 Å². The van der Waals surface area contributed by atoms with E-state index in [2.05, 4.69) is 62.5 Å². The lowest BCUT2D eigenvalue weighted by atomic mass is 9.94. The molecule has 0 saturated heterocycles. The summed E-state index contributed by atoms with van der Waals surface area (Å²) >= 11 is 0. The van der Waals surface area contributed by atoms with Gasteiger partial charge in [-0.3, -0.25) is 0 Å². The van der Waals surface area contributed by atoms with Crippen LogP contribution in [0, 0.1) is 20.8 Å². The zero-order valence-corrected chi connectivity index (χ0v) is 11.7. The topological polar surface area (TPSA) is 12.0 Å². The maximum atomic E-state index is 3.19. The lowest BCUT2D eigenvalue weighted by molar-refractivity contribution is 0.817. The van der Waals surface area contributed by atoms with E-state index in [1.54, 1.807) is 0 Å². The van der Waals surface area contributed by atoms with Crippen LogP contribution < -0.4 is 5.32 Å². The van der Waals surface area contributed by atoms with Crippen molar-refractivity contribution in [2.45, 2.75) is 27.3 Å². The number of nitrogens with one attached hydrogen (secondary N) is 1. The van der Waals surface area contributed by atoms with Gasteiger partial charge in [0.05, 0.1) is 0 Å². The summed E-state index contributed by atoms with van der Waals surface area (Å²) in [5.74, 6) is 0. The highest BCUT2D eigenvalue weighted by molar-refractivity contribution is 5.71. The van der Waals surface area contributed by atoms with Crippen LogP contribution in [-0.2, 0) is 6.54 Å². The summed E-state index contributed by atoms with van der Waals surface area (Å²) in [6.45, 7) is 7.44. The molecule has 1 N–H and O–H groups in total. The van der Waals surface area contributed by atoms with Gasteiger partial charge in [-0.15, -0.1) is 0 Å². The Morgan fingerprint density at radius 1 is 0.833 bits per heavy atom. The SMILES string of the molecule is CNCc1ccc(-c2ccc(C)cc2C)c(C)c1. The predicted molar refractivity (Wildman–Crippen MR) is 78.9 cm³/mol. The van der Waals surface area contributed by atoms with Crippen molar-refractivity contribution < 1.29 is 0 Å². The largest absolute Gasteiger partial charge is 0.316 e. The van der Waals surface area contributed by atoms with E-state index < -0.39 is 0 Å². The maximum Gasteiger partial charge on any atom is 0.0202 e. The second-order valence-electron chi connectivity index (χ2n) is 5.00. The highest BCUT2D eigenvalue weighted by Gasteiger charge is 2.05. The Hall–Kier alpha value is -1.60. The maximum absolute atomic E-state index is 3.19. The normalized spacial score (nSPS) is 10.7. The van der Waals surface area contributed by atoms with Gasteiger partial charge >= 0.3 is 0 Å². The number of hydrogen-bond donors (Lipinski definition) is 1. The average molecular weight is 239 g/mol. The first-order valence-corrected chi connectivity index (χ1v) is 6.43. The van der Waals surface area contributed by atoms with E-state index in [9.17, 15) is 0 Å². The fourth-order valence-electron chi connectivity index (χ4n) is 2.46. The third-order valence-corrected chi connectivity index (χ3v) is 3.34. The highest BCUT2D eigenvalue weighted by Crippen LogP contribution is 2.27. The van der Waals surface area contributed by atoms with Gasteiger partial charge in [0.15, 0.2) is 0 Å². The van der Waals surface area contributed by atoms with E-state index in [4.69, 9.17) is 0 Å². The molecular weight excluding hydrogens is 218 g/mol. The Morgan fingerprint density at radius 3 is 2.00 bits per heavy atom. The van der Waals surface area contributed by atoms with Crippen molar-refractivity contribution in [3.05, 3.63) is 58.7 Å². The highest BCUT2D eigenvalue weighted by atomic mass is 14.8. The first kappa shape index (κ1) is 12.8. The summed E-state index contributed by atoms with van der Waals surface area (Å²) in [6.07, 6.45) is 0. The van der Waals surface area contributed by atoms with Gasteiger partial charge in [-0.05, 0) is 55.6 Å². The Bertz CT molecular complexity index is 556. The molecule has 2 aromatic rings. The molecule has 2 rings (SSSR count). The van der Waals surface area contributed by atoms with Crippen LogP contribution in [0.5, 0.6) is 0 Å². The molecular formula is C17H21N. The van der Waals surface area contributed by atoms with Gasteiger partial charge in [-0.25, -0.2) is 0 Å². The van der Waals surface area contributed by atoms with Crippen molar-refractivity contribution in [2.24, 2.45) is 0 Å².